The summed E-state index contributed by atoms with van der Waals surface area (Å²) in [4.78, 5) is 0.905. The second kappa shape index (κ2) is 15.9. The Bertz CT molecular complexity index is 326. The molecule has 0 atom stereocenters. The van der Waals surface area contributed by atoms with Crippen LogP contribution in [0.3, 0.4) is 0 Å². The molecule has 24 heavy (non-hydrogen) atoms. The fraction of sp³-hybridized carbons (Fsp3) is 0.727. The van der Waals surface area contributed by atoms with Gasteiger partial charge >= 0.3 is 0 Å². The molecule has 0 saturated carbocycles. The number of hydrogen-bond acceptors (Lipinski definition) is 1. The van der Waals surface area contributed by atoms with E-state index >= 15 is 0 Å². The van der Waals surface area contributed by atoms with Gasteiger partial charge in [-0.3, -0.25) is 0 Å². The molecule has 0 N–H and O–H groups in total. The van der Waals surface area contributed by atoms with E-state index in [2.05, 4.69) is 27.7 Å². The zero-order valence-electron chi connectivity index (χ0n) is 16.7. The van der Waals surface area contributed by atoms with Gasteiger partial charge in [0.25, 0.3) is 0 Å². The first kappa shape index (κ1) is 23.4. The molecule has 0 aliphatic heterocycles. The van der Waals surface area contributed by atoms with E-state index in [-0.39, 0.29) is 0 Å². The summed E-state index contributed by atoms with van der Waals surface area (Å²) in [5, 5.41) is 0. The van der Waals surface area contributed by atoms with Crippen LogP contribution in [-0.4, -0.2) is 30.7 Å². The number of rotatable bonds is 12. The Morgan fingerprint density at radius 3 is 1.17 bits per heavy atom. The summed E-state index contributed by atoms with van der Waals surface area (Å²) in [5.41, 5.74) is 0. The molecule has 0 unspecified atom stereocenters. The van der Waals surface area contributed by atoms with Crippen LogP contribution in [0.1, 0.15) is 79.1 Å². The molecular formula is C22H41NS. The standard InChI is InChI=1S/C16H36N.C6H6S/c1-5-9-13-17(14-10-6-2,15-11-7-3)16-12-8-4;7-6-4-2-1-3-5-6/h5-16H2,1-4H3;1-5,7H/q+1;/p-1. The molecule has 0 fully saturated rings. The zero-order chi connectivity index (χ0) is 18.1. The predicted octanol–water partition coefficient (Wildman–Crippen LogP) is 6.60. The van der Waals surface area contributed by atoms with Crippen molar-refractivity contribution >= 4 is 12.6 Å². The van der Waals surface area contributed by atoms with Crippen molar-refractivity contribution in [2.75, 3.05) is 26.2 Å². The quantitative estimate of drug-likeness (QED) is 0.302. The molecule has 140 valence electrons. The average Bonchev–Trinajstić information content (AvgIpc) is 2.62. The first-order chi connectivity index (χ1) is 11.6. The molecule has 0 aliphatic carbocycles. The van der Waals surface area contributed by atoms with Crippen LogP contribution in [0, 0.1) is 0 Å². The number of hydrogen-bond donors (Lipinski definition) is 0. The normalized spacial score (nSPS) is 11.0. The van der Waals surface area contributed by atoms with Gasteiger partial charge in [-0.05, 0) is 25.7 Å². The van der Waals surface area contributed by atoms with E-state index in [4.69, 9.17) is 12.6 Å². The molecule has 1 aromatic rings. The third-order valence-electron chi connectivity index (χ3n) is 4.69. The molecule has 0 heterocycles. The SMILES string of the molecule is CCCC[N+](CCCC)(CCCC)CCCC.[S-]c1ccccc1. The van der Waals surface area contributed by atoms with Gasteiger partial charge < -0.3 is 17.1 Å². The maximum Gasteiger partial charge on any atom is 0.0786 e. The van der Waals surface area contributed by atoms with E-state index in [1.165, 1.54) is 82.0 Å². The second-order valence-electron chi connectivity index (χ2n) is 6.96. The molecule has 2 heteroatoms. The summed E-state index contributed by atoms with van der Waals surface area (Å²) in [5.74, 6) is 0. The molecule has 0 spiro atoms. The van der Waals surface area contributed by atoms with Crippen LogP contribution in [0.5, 0.6) is 0 Å². The van der Waals surface area contributed by atoms with Gasteiger partial charge in [-0.25, -0.2) is 0 Å². The second-order valence-corrected chi connectivity index (χ2v) is 7.43. The largest absolute Gasteiger partial charge is 0.780 e. The molecule has 1 nitrogen and oxygen atoms in total. The van der Waals surface area contributed by atoms with Gasteiger partial charge in [0, 0.05) is 0 Å². The first-order valence-electron chi connectivity index (χ1n) is 10.2. The molecule has 0 radical (unpaired) electrons. The molecular weight excluding hydrogens is 310 g/mol. The van der Waals surface area contributed by atoms with Crippen molar-refractivity contribution in [1.29, 1.82) is 0 Å². The molecule has 1 aromatic carbocycles. The highest BCUT2D eigenvalue weighted by molar-refractivity contribution is 7.58. The average molecular weight is 352 g/mol. The fourth-order valence-corrected chi connectivity index (χ4v) is 3.22. The van der Waals surface area contributed by atoms with Gasteiger partial charge in [-0.1, -0.05) is 83.7 Å². The Morgan fingerprint density at radius 1 is 0.625 bits per heavy atom. The Hall–Kier alpha value is -0.600. The summed E-state index contributed by atoms with van der Waals surface area (Å²) >= 11 is 4.81. The van der Waals surface area contributed by atoms with Crippen molar-refractivity contribution in [2.45, 2.75) is 84.0 Å². The van der Waals surface area contributed by atoms with Crippen LogP contribution in [0.2, 0.25) is 0 Å². The number of unbranched alkanes of at least 4 members (excludes halogenated alkanes) is 4. The Morgan fingerprint density at radius 2 is 0.958 bits per heavy atom. The van der Waals surface area contributed by atoms with Crippen molar-refractivity contribution in [1.82, 2.24) is 0 Å². The van der Waals surface area contributed by atoms with Crippen molar-refractivity contribution < 1.29 is 4.48 Å². The van der Waals surface area contributed by atoms with E-state index in [0.717, 1.165) is 4.90 Å². The van der Waals surface area contributed by atoms with E-state index in [1.807, 2.05) is 30.3 Å². The maximum absolute atomic E-state index is 4.81. The lowest BCUT2D eigenvalue weighted by Crippen LogP contribution is -2.50. The lowest BCUT2D eigenvalue weighted by Gasteiger charge is -2.39. The molecule has 0 aliphatic rings. The smallest absolute Gasteiger partial charge is 0.0786 e. The number of benzene rings is 1. The lowest BCUT2D eigenvalue weighted by atomic mass is 10.1. The topological polar surface area (TPSA) is 0 Å². The van der Waals surface area contributed by atoms with Gasteiger partial charge in [-0.2, -0.15) is 4.90 Å². The third-order valence-corrected chi connectivity index (χ3v) is 4.96. The number of quaternary nitrogens is 1. The molecule has 0 saturated heterocycles. The minimum atomic E-state index is 0.905. The molecule has 1 rings (SSSR count). The van der Waals surface area contributed by atoms with Crippen LogP contribution >= 0.6 is 0 Å². The fourth-order valence-electron chi connectivity index (χ4n) is 3.07. The third kappa shape index (κ3) is 11.9. The van der Waals surface area contributed by atoms with Gasteiger partial charge in [-0.15, -0.1) is 0 Å². The minimum absolute atomic E-state index is 0.905. The Balaban J connectivity index is 0.000000620. The van der Waals surface area contributed by atoms with E-state index in [0.29, 0.717) is 0 Å². The molecule has 0 amide bonds. The van der Waals surface area contributed by atoms with E-state index in [1.54, 1.807) is 0 Å². The van der Waals surface area contributed by atoms with Crippen LogP contribution < -0.4 is 0 Å². The monoisotopic (exact) mass is 351 g/mol. The Labute approximate surface area is 157 Å². The predicted molar refractivity (Wildman–Crippen MR) is 111 cm³/mol. The minimum Gasteiger partial charge on any atom is -0.780 e. The summed E-state index contributed by atoms with van der Waals surface area (Å²) in [6.45, 7) is 15.0. The highest BCUT2D eigenvalue weighted by atomic mass is 32.1. The van der Waals surface area contributed by atoms with Crippen LogP contribution in [0.25, 0.3) is 0 Å². The van der Waals surface area contributed by atoms with Crippen molar-refractivity contribution in [2.24, 2.45) is 0 Å². The van der Waals surface area contributed by atoms with Gasteiger partial charge in [0.05, 0.1) is 26.2 Å². The van der Waals surface area contributed by atoms with Gasteiger partial charge in [0.15, 0.2) is 0 Å². The van der Waals surface area contributed by atoms with Crippen molar-refractivity contribution in [3.63, 3.8) is 0 Å². The summed E-state index contributed by atoms with van der Waals surface area (Å²) in [6.07, 6.45) is 11.1. The van der Waals surface area contributed by atoms with Crippen LogP contribution in [-0.2, 0) is 12.6 Å². The zero-order valence-corrected chi connectivity index (χ0v) is 17.5. The summed E-state index contributed by atoms with van der Waals surface area (Å²) in [6, 6.07) is 9.62. The van der Waals surface area contributed by atoms with Crippen LogP contribution in [0.15, 0.2) is 35.2 Å². The lowest BCUT2D eigenvalue weighted by molar-refractivity contribution is -0.929. The molecule has 0 aromatic heterocycles. The van der Waals surface area contributed by atoms with E-state index < -0.39 is 0 Å². The number of nitrogens with zero attached hydrogens (tertiary/aromatic N) is 1. The van der Waals surface area contributed by atoms with Gasteiger partial charge in [0.1, 0.15) is 0 Å². The van der Waals surface area contributed by atoms with Crippen molar-refractivity contribution in [3.8, 4) is 0 Å². The highest BCUT2D eigenvalue weighted by Gasteiger charge is 2.24. The maximum atomic E-state index is 4.81. The Kier molecular flexibility index (Phi) is 15.5. The van der Waals surface area contributed by atoms with Gasteiger partial charge in [0.2, 0.25) is 0 Å². The summed E-state index contributed by atoms with van der Waals surface area (Å²) in [7, 11) is 0. The van der Waals surface area contributed by atoms with Crippen LogP contribution in [0.4, 0.5) is 0 Å². The highest BCUT2D eigenvalue weighted by Crippen LogP contribution is 2.16. The van der Waals surface area contributed by atoms with Crippen molar-refractivity contribution in [3.05, 3.63) is 30.3 Å². The summed E-state index contributed by atoms with van der Waals surface area (Å²) < 4.78 is 1.42. The first-order valence-corrected chi connectivity index (χ1v) is 10.6. The van der Waals surface area contributed by atoms with E-state index in [9.17, 15) is 0 Å². The molecule has 0 bridgehead atoms.